The van der Waals surface area contributed by atoms with E-state index in [1.807, 2.05) is 54.6 Å². The molecule has 4 N–H and O–H groups in total. The number of benzene rings is 2. The van der Waals surface area contributed by atoms with Gasteiger partial charge in [-0.25, -0.2) is 8.42 Å². The smallest absolute Gasteiger partial charge is 0.259 e. The number of oxime groups is 1. The summed E-state index contributed by atoms with van der Waals surface area (Å²) >= 11 is 0. The van der Waals surface area contributed by atoms with Gasteiger partial charge in [0.2, 0.25) is 27.7 Å². The fourth-order valence-electron chi connectivity index (χ4n) is 6.86. The van der Waals surface area contributed by atoms with E-state index in [0.717, 1.165) is 22.3 Å². The van der Waals surface area contributed by atoms with E-state index in [-0.39, 0.29) is 25.7 Å². The zero-order chi connectivity index (χ0) is 34.3. The monoisotopic (exact) mass is 687 g/mol. The first-order valence-electron chi connectivity index (χ1n) is 16.4. The summed E-state index contributed by atoms with van der Waals surface area (Å²) in [6.45, 7) is 4.04. The number of nitrogens with one attached hydrogen (secondary N) is 4. The van der Waals surface area contributed by atoms with Gasteiger partial charge in [-0.05, 0) is 67.9 Å². The molecule has 3 fully saturated rings. The Morgan fingerprint density at radius 2 is 1.78 bits per heavy atom. The van der Waals surface area contributed by atoms with E-state index >= 15 is 0 Å². The van der Waals surface area contributed by atoms with Gasteiger partial charge < -0.3 is 14.9 Å². The molecule has 7 rings (SSSR count). The summed E-state index contributed by atoms with van der Waals surface area (Å²) in [5.74, 6) is -4.24. The highest BCUT2D eigenvalue weighted by atomic mass is 32.2. The Morgan fingerprint density at radius 1 is 1.00 bits per heavy atom. The Bertz CT molecular complexity index is 1900. The quantitative estimate of drug-likeness (QED) is 0.285. The molecule has 1 heterocycles. The molecular weight excluding hydrogens is 650 g/mol. The zero-order valence-electron chi connectivity index (χ0n) is 26.6. The molecule has 2 aromatic rings. The number of ether oxygens (including phenoxy) is 1. The van der Waals surface area contributed by atoms with E-state index in [2.05, 4.69) is 32.6 Å². The number of rotatable bonds is 6. The van der Waals surface area contributed by atoms with E-state index in [1.54, 1.807) is 0 Å². The Kier molecular flexibility index (Phi) is 8.51. The van der Waals surface area contributed by atoms with Gasteiger partial charge in [-0.1, -0.05) is 47.6 Å². The molecule has 0 aromatic heterocycles. The fraction of sp³-hybridized carbons (Fsp3) is 0.400. The molecule has 2 aromatic carbocycles. The molecule has 4 bridgehead atoms. The lowest BCUT2D eigenvalue weighted by Gasteiger charge is -2.23. The van der Waals surface area contributed by atoms with Crippen molar-refractivity contribution < 1.29 is 37.2 Å². The minimum absolute atomic E-state index is 0.0773. The molecular formula is C35H37N5O8S. The molecule has 5 atom stereocenters. The summed E-state index contributed by atoms with van der Waals surface area (Å²) in [6, 6.07) is 13.5. The standard InChI is InChI=1S/C35H37N5O8S/c1-2-20-19-35(20,34(44)40-49(45,46)23-12-13-23)36-32(42)28-17-22-18-29(28)33(43)38-37-30(41)10-4-3-7-15-47-21-11-14-25-24-8-5-6-9-26(24)31(39-48-22)27(25)16-21/h2-3,5-9,11,14,16,20,22-23,28-29H,1,4,10,12-13,15,17-19H2,(H,36,42)(H,37,41)(H,38,43)(H,40,44)/b7-3+,39-31-/t20-,22-,28-,29-,35-/m1/s1. The number of nitrogens with zero attached hydrogens (tertiary/aromatic N) is 1. The van der Waals surface area contributed by atoms with Crippen molar-refractivity contribution in [3.63, 3.8) is 0 Å². The molecule has 13 nitrogen and oxygen atoms in total. The molecule has 0 radical (unpaired) electrons. The summed E-state index contributed by atoms with van der Waals surface area (Å²) in [5, 5.41) is 6.71. The second-order valence-corrected chi connectivity index (χ2v) is 15.1. The summed E-state index contributed by atoms with van der Waals surface area (Å²) < 4.78 is 33.2. The highest BCUT2D eigenvalue weighted by Crippen LogP contribution is 2.46. The van der Waals surface area contributed by atoms with Crippen molar-refractivity contribution in [1.29, 1.82) is 0 Å². The molecule has 49 heavy (non-hydrogen) atoms. The Labute approximate surface area is 283 Å². The topological polar surface area (TPSA) is 181 Å². The van der Waals surface area contributed by atoms with E-state index in [4.69, 9.17) is 9.57 Å². The van der Waals surface area contributed by atoms with Gasteiger partial charge in [0.25, 0.3) is 5.91 Å². The van der Waals surface area contributed by atoms with Gasteiger partial charge in [-0.2, -0.15) is 0 Å². The number of hydrogen-bond donors (Lipinski definition) is 4. The number of amides is 4. The number of allylic oxidation sites excluding steroid dienone is 1. The van der Waals surface area contributed by atoms with Gasteiger partial charge in [-0.15, -0.1) is 6.58 Å². The van der Waals surface area contributed by atoms with Crippen molar-refractivity contribution in [1.82, 2.24) is 20.9 Å². The van der Waals surface area contributed by atoms with Gasteiger partial charge >= 0.3 is 0 Å². The first-order chi connectivity index (χ1) is 23.6. The van der Waals surface area contributed by atoms with Crippen LogP contribution in [0.3, 0.4) is 0 Å². The summed E-state index contributed by atoms with van der Waals surface area (Å²) in [7, 11) is -3.87. The van der Waals surface area contributed by atoms with Crippen molar-refractivity contribution in [2.75, 3.05) is 6.61 Å². The van der Waals surface area contributed by atoms with Crippen LogP contribution in [-0.4, -0.2) is 61.3 Å². The maximum atomic E-state index is 13.9. The molecule has 0 saturated heterocycles. The van der Waals surface area contributed by atoms with Crippen LogP contribution in [-0.2, 0) is 34.0 Å². The van der Waals surface area contributed by atoms with Gasteiger partial charge in [0.05, 0.1) is 17.1 Å². The van der Waals surface area contributed by atoms with Gasteiger partial charge in [0.1, 0.15) is 29.7 Å². The Balaban J connectivity index is 1.16. The second-order valence-electron chi connectivity index (χ2n) is 13.1. The van der Waals surface area contributed by atoms with Crippen molar-refractivity contribution >= 4 is 39.4 Å². The molecule has 3 saturated carbocycles. The summed E-state index contributed by atoms with van der Waals surface area (Å²) in [6.07, 6.45) is 6.25. The van der Waals surface area contributed by atoms with Crippen LogP contribution < -0.4 is 25.6 Å². The number of carbonyl (C=O) groups excluding carboxylic acids is 4. The van der Waals surface area contributed by atoms with Crippen LogP contribution in [0.5, 0.6) is 5.75 Å². The van der Waals surface area contributed by atoms with Crippen molar-refractivity contribution in [3.05, 3.63) is 78.4 Å². The molecule has 0 spiro atoms. The lowest BCUT2D eigenvalue weighted by molar-refractivity contribution is -0.137. The third kappa shape index (κ3) is 6.44. The SMILES string of the molecule is C=C[C@@H]1C[C@]1(NC(=O)[C@@H]1C[C@@H]2C[C@H]1C(=O)NNC(=O)CC/C=C/COc1ccc3c(c1)/C(=N\O2)c1ccccc1-3)C(=O)NS(=O)(=O)C1CC1. The summed E-state index contributed by atoms with van der Waals surface area (Å²) in [5.41, 5.74) is 7.57. The normalized spacial score (nSPS) is 29.4. The molecule has 1 aliphatic heterocycles. The van der Waals surface area contributed by atoms with E-state index in [0.29, 0.717) is 37.3 Å². The van der Waals surface area contributed by atoms with E-state index < -0.39 is 68.3 Å². The molecule has 5 aliphatic rings. The van der Waals surface area contributed by atoms with Crippen LogP contribution in [0.4, 0.5) is 0 Å². The van der Waals surface area contributed by atoms with Crippen molar-refractivity contribution in [2.45, 2.75) is 61.8 Å². The first-order valence-corrected chi connectivity index (χ1v) is 18.0. The highest BCUT2D eigenvalue weighted by Gasteiger charge is 2.62. The largest absolute Gasteiger partial charge is 0.490 e. The molecule has 0 unspecified atom stereocenters. The molecule has 4 amide bonds. The van der Waals surface area contributed by atoms with Crippen LogP contribution >= 0.6 is 0 Å². The van der Waals surface area contributed by atoms with Crippen LogP contribution in [0.25, 0.3) is 11.1 Å². The third-order valence-corrected chi connectivity index (χ3v) is 11.6. The number of hydrogen-bond acceptors (Lipinski definition) is 9. The summed E-state index contributed by atoms with van der Waals surface area (Å²) in [4.78, 5) is 59.3. The highest BCUT2D eigenvalue weighted by molar-refractivity contribution is 7.91. The number of sulfonamides is 1. The predicted octanol–water partition coefficient (Wildman–Crippen LogP) is 2.38. The maximum absolute atomic E-state index is 13.9. The minimum Gasteiger partial charge on any atom is -0.490 e. The lowest BCUT2D eigenvalue weighted by atomic mass is 9.94. The Hall–Kier alpha value is -4.98. The average molecular weight is 688 g/mol. The van der Waals surface area contributed by atoms with Gasteiger partial charge in [0.15, 0.2) is 0 Å². The van der Waals surface area contributed by atoms with Crippen LogP contribution in [0.1, 0.15) is 56.1 Å². The molecule has 256 valence electrons. The maximum Gasteiger partial charge on any atom is 0.259 e. The zero-order valence-corrected chi connectivity index (χ0v) is 27.5. The number of fused-ring (bicyclic) bond motifs is 6. The molecule has 14 heteroatoms. The first kappa shape index (κ1) is 32.6. The van der Waals surface area contributed by atoms with Gasteiger partial charge in [0, 0.05) is 23.5 Å². The van der Waals surface area contributed by atoms with E-state index in [1.165, 1.54) is 6.08 Å². The average Bonchev–Trinajstić information content (AvgIpc) is 4.00. The minimum atomic E-state index is -3.87. The Morgan fingerprint density at radius 3 is 2.53 bits per heavy atom. The number of hydrazine groups is 1. The van der Waals surface area contributed by atoms with Crippen molar-refractivity contribution in [2.24, 2.45) is 22.9 Å². The third-order valence-electron chi connectivity index (χ3n) is 9.83. The predicted molar refractivity (Wildman–Crippen MR) is 178 cm³/mol. The fourth-order valence-corrected chi connectivity index (χ4v) is 8.22. The second kappa shape index (κ2) is 12.8. The van der Waals surface area contributed by atoms with Gasteiger partial charge in [-0.3, -0.25) is 34.8 Å². The van der Waals surface area contributed by atoms with Crippen LogP contribution in [0.15, 0.2) is 72.4 Å². The lowest BCUT2D eigenvalue weighted by Crippen LogP contribution is -2.54. The van der Waals surface area contributed by atoms with Crippen molar-refractivity contribution in [3.8, 4) is 16.9 Å². The number of carbonyl (C=O) groups is 4. The molecule has 4 aliphatic carbocycles. The van der Waals surface area contributed by atoms with E-state index in [9.17, 15) is 27.6 Å². The van der Waals surface area contributed by atoms with Crippen LogP contribution in [0, 0.1) is 17.8 Å². The van der Waals surface area contributed by atoms with Crippen LogP contribution in [0.2, 0.25) is 0 Å².